The van der Waals surface area contributed by atoms with E-state index >= 15 is 0 Å². The van der Waals surface area contributed by atoms with Crippen LogP contribution in [0.1, 0.15) is 10.8 Å². The molecule has 0 aromatic heterocycles. The Bertz CT molecular complexity index is 1460. The van der Waals surface area contributed by atoms with Crippen molar-refractivity contribution >= 4 is 62.1 Å². The van der Waals surface area contributed by atoms with E-state index in [1.807, 2.05) is 84.9 Å². The van der Waals surface area contributed by atoms with E-state index in [1.54, 1.807) is 0 Å². The van der Waals surface area contributed by atoms with Crippen molar-refractivity contribution in [1.29, 1.82) is 0 Å². The fourth-order valence-corrected chi connectivity index (χ4v) is 5.18. The van der Waals surface area contributed by atoms with Crippen LogP contribution in [0.3, 0.4) is 0 Å². The van der Waals surface area contributed by atoms with Crippen LogP contribution in [-0.2, 0) is 14.8 Å². The van der Waals surface area contributed by atoms with Gasteiger partial charge < -0.3 is 16.0 Å². The molecule has 0 aliphatic rings. The van der Waals surface area contributed by atoms with Crippen LogP contribution in [0.4, 0.5) is 17.1 Å². The number of amides is 1. The van der Waals surface area contributed by atoms with Crippen molar-refractivity contribution in [2.45, 2.75) is 15.0 Å². The first kappa shape index (κ1) is 26.4. The van der Waals surface area contributed by atoms with Crippen LogP contribution in [-0.4, -0.2) is 19.4 Å². The van der Waals surface area contributed by atoms with Gasteiger partial charge >= 0.3 is 0 Å². The van der Waals surface area contributed by atoms with Crippen LogP contribution < -0.4 is 21.1 Å². The smallest absolute Gasteiger partial charge is 0.242 e. The molecule has 4 rings (SSSR count). The number of hydrogen-bond acceptors (Lipinski definition) is 5. The zero-order valence-corrected chi connectivity index (χ0v) is 21.9. The molecule has 4 aromatic carbocycles. The van der Waals surface area contributed by atoms with Crippen molar-refractivity contribution in [3.63, 3.8) is 0 Å². The summed E-state index contributed by atoms with van der Waals surface area (Å²) in [5, 5.41) is 14.2. The molecule has 37 heavy (non-hydrogen) atoms. The Labute approximate surface area is 225 Å². The second-order valence-electron chi connectivity index (χ2n) is 7.94. The normalized spacial score (nSPS) is 11.8. The van der Waals surface area contributed by atoms with Crippen molar-refractivity contribution in [2.24, 2.45) is 5.14 Å². The third-order valence-electron chi connectivity index (χ3n) is 5.19. The highest BCUT2D eigenvalue weighted by Gasteiger charge is 2.22. The van der Waals surface area contributed by atoms with Crippen LogP contribution in [0.5, 0.6) is 0 Å². The van der Waals surface area contributed by atoms with Gasteiger partial charge in [-0.1, -0.05) is 48.5 Å². The second kappa shape index (κ2) is 12.0. The molecule has 0 bridgehead atoms. The summed E-state index contributed by atoms with van der Waals surface area (Å²) in [6, 6.07) is 32.5. The van der Waals surface area contributed by atoms with E-state index in [-0.39, 0.29) is 10.8 Å². The highest BCUT2D eigenvalue weighted by atomic mass is 32.2. The number of anilines is 3. The summed E-state index contributed by atoms with van der Waals surface area (Å²) in [6.45, 7) is 0. The van der Waals surface area contributed by atoms with Crippen LogP contribution in [0.2, 0.25) is 0 Å². The van der Waals surface area contributed by atoms with Gasteiger partial charge in [0, 0.05) is 22.0 Å². The van der Waals surface area contributed by atoms with Gasteiger partial charge in [0.05, 0.1) is 4.90 Å². The maximum absolute atomic E-state index is 13.3. The van der Waals surface area contributed by atoms with Gasteiger partial charge in [-0.15, -0.1) is 11.8 Å². The Balaban J connectivity index is 1.45. The first-order chi connectivity index (χ1) is 17.8. The number of nitrogens with two attached hydrogens (primary N) is 1. The Morgan fingerprint density at radius 2 is 1.19 bits per heavy atom. The summed E-state index contributed by atoms with van der Waals surface area (Å²) in [6.07, 6.45) is 0. The third kappa shape index (κ3) is 7.64. The minimum Gasteiger partial charge on any atom is -0.332 e. The highest BCUT2D eigenvalue weighted by Crippen LogP contribution is 2.36. The number of nitrogens with one attached hydrogen (secondary N) is 3. The van der Waals surface area contributed by atoms with Crippen molar-refractivity contribution in [3.8, 4) is 0 Å². The number of hydrogen-bond donors (Lipinski definition) is 4. The summed E-state index contributed by atoms with van der Waals surface area (Å²) in [4.78, 5) is 14.1. The van der Waals surface area contributed by atoms with Crippen molar-refractivity contribution in [1.82, 2.24) is 0 Å². The summed E-state index contributed by atoms with van der Waals surface area (Å²) in [5.41, 5.74) is 3.01. The monoisotopic (exact) mass is 548 g/mol. The van der Waals surface area contributed by atoms with Gasteiger partial charge in [0.25, 0.3) is 0 Å². The SMILES string of the molecule is NS(=O)(=O)c1ccc(NC(=O)C(Sc2ccc(NC(=S)Nc3ccccc3)cc2)c2ccccc2)cc1. The van der Waals surface area contributed by atoms with Crippen LogP contribution in [0.25, 0.3) is 0 Å². The molecule has 0 aliphatic carbocycles. The number of primary sulfonamides is 1. The second-order valence-corrected chi connectivity index (χ2v) is 11.1. The van der Waals surface area contributed by atoms with E-state index in [4.69, 9.17) is 17.4 Å². The number of para-hydroxylation sites is 1. The molecular formula is C27H24N4O3S3. The van der Waals surface area contributed by atoms with Crippen LogP contribution >= 0.6 is 24.0 Å². The predicted octanol–water partition coefficient (Wildman–Crippen LogP) is 5.62. The molecule has 0 fully saturated rings. The Hall–Kier alpha value is -3.70. The minimum atomic E-state index is -3.81. The Kier molecular flexibility index (Phi) is 8.57. The average Bonchev–Trinajstić information content (AvgIpc) is 2.89. The zero-order chi connectivity index (χ0) is 26.3. The molecular weight excluding hydrogens is 525 g/mol. The van der Waals surface area contributed by atoms with Gasteiger partial charge in [0.1, 0.15) is 5.25 Å². The lowest BCUT2D eigenvalue weighted by atomic mass is 10.1. The molecule has 1 unspecified atom stereocenters. The molecule has 7 nitrogen and oxygen atoms in total. The van der Waals surface area contributed by atoms with E-state index in [9.17, 15) is 13.2 Å². The lowest BCUT2D eigenvalue weighted by Gasteiger charge is -2.18. The maximum atomic E-state index is 13.3. The summed E-state index contributed by atoms with van der Waals surface area (Å²) in [5.74, 6) is -0.241. The molecule has 188 valence electrons. The van der Waals surface area contributed by atoms with E-state index in [0.717, 1.165) is 21.8 Å². The number of sulfonamides is 1. The Morgan fingerprint density at radius 1 is 0.703 bits per heavy atom. The van der Waals surface area contributed by atoms with Gasteiger partial charge in [0.15, 0.2) is 5.11 Å². The van der Waals surface area contributed by atoms with Gasteiger partial charge in [-0.25, -0.2) is 13.6 Å². The average molecular weight is 549 g/mol. The number of carbonyl (C=O) groups excluding carboxylic acids is 1. The number of benzene rings is 4. The first-order valence-electron chi connectivity index (χ1n) is 11.2. The van der Waals surface area contributed by atoms with Crippen molar-refractivity contribution in [3.05, 3.63) is 115 Å². The summed E-state index contributed by atoms with van der Waals surface area (Å²) in [7, 11) is -3.81. The molecule has 4 aromatic rings. The number of carbonyl (C=O) groups is 1. The van der Waals surface area contributed by atoms with E-state index in [0.29, 0.717) is 10.8 Å². The number of thiocarbonyl (C=S) groups is 1. The molecule has 0 radical (unpaired) electrons. The first-order valence-corrected chi connectivity index (χ1v) is 14.0. The molecule has 5 N–H and O–H groups in total. The molecule has 1 amide bonds. The quantitative estimate of drug-likeness (QED) is 0.167. The number of rotatable bonds is 8. The summed E-state index contributed by atoms with van der Waals surface area (Å²) < 4.78 is 23.0. The lowest BCUT2D eigenvalue weighted by Crippen LogP contribution is -2.19. The van der Waals surface area contributed by atoms with E-state index in [1.165, 1.54) is 36.0 Å². The molecule has 0 saturated carbocycles. The third-order valence-corrected chi connectivity index (χ3v) is 7.59. The molecule has 0 saturated heterocycles. The van der Waals surface area contributed by atoms with Crippen molar-refractivity contribution < 1.29 is 13.2 Å². The van der Waals surface area contributed by atoms with E-state index < -0.39 is 15.3 Å². The van der Waals surface area contributed by atoms with Gasteiger partial charge in [0.2, 0.25) is 15.9 Å². The Morgan fingerprint density at radius 3 is 1.76 bits per heavy atom. The molecule has 10 heteroatoms. The standard InChI is InChI=1S/C27H24N4O3S3/c28-37(33,34)24-17-13-21(14-18-24)29-26(32)25(19-7-3-1-4-8-19)36-23-15-11-22(12-16-23)31-27(35)30-20-9-5-2-6-10-20/h1-18,25H,(H,29,32)(H2,28,33,34)(H2,30,31,35). The van der Waals surface area contributed by atoms with Crippen molar-refractivity contribution in [2.75, 3.05) is 16.0 Å². The fraction of sp³-hybridized carbons (Fsp3) is 0.0370. The van der Waals surface area contributed by atoms with Crippen LogP contribution in [0.15, 0.2) is 119 Å². The van der Waals surface area contributed by atoms with Gasteiger partial charge in [-0.3, -0.25) is 4.79 Å². The maximum Gasteiger partial charge on any atom is 0.242 e. The largest absolute Gasteiger partial charge is 0.332 e. The molecule has 0 aliphatic heterocycles. The highest BCUT2D eigenvalue weighted by molar-refractivity contribution is 8.00. The molecule has 0 spiro atoms. The molecule has 0 heterocycles. The van der Waals surface area contributed by atoms with Crippen LogP contribution in [0, 0.1) is 0 Å². The van der Waals surface area contributed by atoms with E-state index in [2.05, 4.69) is 16.0 Å². The minimum absolute atomic E-state index is 0.0216. The predicted molar refractivity (Wildman–Crippen MR) is 154 cm³/mol. The topological polar surface area (TPSA) is 113 Å². The fourth-order valence-electron chi connectivity index (χ4n) is 3.40. The lowest BCUT2D eigenvalue weighted by molar-refractivity contribution is -0.115. The zero-order valence-electron chi connectivity index (χ0n) is 19.5. The molecule has 1 atom stereocenters. The van der Waals surface area contributed by atoms with Gasteiger partial charge in [-0.05, 0) is 78.4 Å². The number of thioether (sulfide) groups is 1. The summed E-state index contributed by atoms with van der Waals surface area (Å²) >= 11 is 6.79. The van der Waals surface area contributed by atoms with Gasteiger partial charge in [-0.2, -0.15) is 0 Å².